The zero-order valence-electron chi connectivity index (χ0n) is 15.6. The summed E-state index contributed by atoms with van der Waals surface area (Å²) in [6.07, 6.45) is -2.95. The molecule has 10 heteroatoms. The number of carbonyl (C=O) groups is 1. The number of benzene rings is 1. The van der Waals surface area contributed by atoms with E-state index in [4.69, 9.17) is 22.1 Å². The number of nitrogens with one attached hydrogen (secondary N) is 1. The number of amides is 1. The molecule has 3 aromatic rings. The molecule has 156 valence electrons. The molecule has 3 N–H and O–H groups in total. The van der Waals surface area contributed by atoms with Crippen LogP contribution in [0.5, 0.6) is 5.75 Å². The number of anilines is 2. The summed E-state index contributed by atoms with van der Waals surface area (Å²) in [7, 11) is 0. The van der Waals surface area contributed by atoms with Crippen LogP contribution in [0.25, 0.3) is 0 Å². The lowest BCUT2D eigenvalue weighted by atomic mass is 10.1. The van der Waals surface area contributed by atoms with Gasteiger partial charge < -0.3 is 15.8 Å². The fourth-order valence-electron chi connectivity index (χ4n) is 2.54. The van der Waals surface area contributed by atoms with Gasteiger partial charge in [0.25, 0.3) is 5.91 Å². The molecule has 1 atom stereocenters. The average Bonchev–Trinajstić information content (AvgIpc) is 2.70. The molecule has 1 aromatic carbocycles. The second-order valence-electron chi connectivity index (χ2n) is 6.31. The quantitative estimate of drug-likeness (QED) is 0.579. The van der Waals surface area contributed by atoms with Crippen LogP contribution in [0.15, 0.2) is 54.9 Å². The molecule has 3 rings (SSSR count). The van der Waals surface area contributed by atoms with Gasteiger partial charge in [0, 0.05) is 24.1 Å². The standard InChI is InChI=1S/C20H16ClF3N4O2/c1-11(30-17-8-14(21)10-27-18(17)25)12-3-2-4-15(7-12)28-19(29)16-6-5-13(9-26-16)20(22,23)24/h2-11H,1H3,(H2,25,27)(H,28,29). The number of hydrogen-bond acceptors (Lipinski definition) is 5. The highest BCUT2D eigenvalue weighted by atomic mass is 35.5. The number of rotatable bonds is 5. The molecule has 2 aromatic heterocycles. The molecule has 30 heavy (non-hydrogen) atoms. The Kier molecular flexibility index (Phi) is 6.12. The van der Waals surface area contributed by atoms with Crippen LogP contribution in [0, 0.1) is 0 Å². The second kappa shape index (κ2) is 8.58. The van der Waals surface area contributed by atoms with Crippen molar-refractivity contribution in [3.63, 3.8) is 0 Å². The van der Waals surface area contributed by atoms with E-state index < -0.39 is 23.8 Å². The number of pyridine rings is 2. The number of aromatic nitrogens is 2. The van der Waals surface area contributed by atoms with Crippen LogP contribution in [0.2, 0.25) is 5.02 Å². The minimum absolute atomic E-state index is 0.143. The van der Waals surface area contributed by atoms with E-state index in [0.29, 0.717) is 28.2 Å². The summed E-state index contributed by atoms with van der Waals surface area (Å²) >= 11 is 5.91. The first-order valence-electron chi connectivity index (χ1n) is 8.65. The van der Waals surface area contributed by atoms with E-state index in [1.54, 1.807) is 37.3 Å². The molecule has 1 amide bonds. The van der Waals surface area contributed by atoms with Crippen LogP contribution in [0.1, 0.15) is 34.6 Å². The molecule has 0 spiro atoms. The molecular weight excluding hydrogens is 421 g/mol. The van der Waals surface area contributed by atoms with E-state index in [2.05, 4.69) is 15.3 Å². The molecule has 0 bridgehead atoms. The maximum absolute atomic E-state index is 12.6. The summed E-state index contributed by atoms with van der Waals surface area (Å²) in [5, 5.41) is 2.97. The summed E-state index contributed by atoms with van der Waals surface area (Å²) in [5.74, 6) is -0.139. The van der Waals surface area contributed by atoms with Crippen molar-refractivity contribution in [1.82, 2.24) is 9.97 Å². The number of alkyl halides is 3. The summed E-state index contributed by atoms with van der Waals surface area (Å²) in [5.41, 5.74) is 5.85. The van der Waals surface area contributed by atoms with Gasteiger partial charge in [-0.15, -0.1) is 0 Å². The third-order valence-corrected chi connectivity index (χ3v) is 4.30. The largest absolute Gasteiger partial charge is 0.482 e. The average molecular weight is 437 g/mol. The predicted molar refractivity (Wildman–Crippen MR) is 106 cm³/mol. The van der Waals surface area contributed by atoms with Crippen LogP contribution in [0.3, 0.4) is 0 Å². The molecule has 0 radical (unpaired) electrons. The highest BCUT2D eigenvalue weighted by Crippen LogP contribution is 2.30. The minimum atomic E-state index is -4.52. The summed E-state index contributed by atoms with van der Waals surface area (Å²) in [4.78, 5) is 19.8. The zero-order valence-corrected chi connectivity index (χ0v) is 16.3. The Morgan fingerprint density at radius 1 is 1.17 bits per heavy atom. The number of nitrogens with zero attached hydrogens (tertiary/aromatic N) is 2. The highest BCUT2D eigenvalue weighted by Gasteiger charge is 2.30. The topological polar surface area (TPSA) is 90.1 Å². The van der Waals surface area contributed by atoms with Crippen molar-refractivity contribution in [3.05, 3.63) is 76.7 Å². The van der Waals surface area contributed by atoms with Gasteiger partial charge in [0.2, 0.25) is 0 Å². The van der Waals surface area contributed by atoms with E-state index in [1.165, 1.54) is 6.20 Å². The van der Waals surface area contributed by atoms with Crippen molar-refractivity contribution < 1.29 is 22.7 Å². The van der Waals surface area contributed by atoms with Gasteiger partial charge in [0.1, 0.15) is 11.8 Å². The Morgan fingerprint density at radius 2 is 1.93 bits per heavy atom. The van der Waals surface area contributed by atoms with Gasteiger partial charge in [-0.2, -0.15) is 13.2 Å². The van der Waals surface area contributed by atoms with Crippen LogP contribution < -0.4 is 15.8 Å². The van der Waals surface area contributed by atoms with Gasteiger partial charge in [0.15, 0.2) is 11.6 Å². The number of carbonyl (C=O) groups excluding carboxylic acids is 1. The van der Waals surface area contributed by atoms with Gasteiger partial charge in [0.05, 0.1) is 10.6 Å². The van der Waals surface area contributed by atoms with Crippen molar-refractivity contribution in [3.8, 4) is 5.75 Å². The van der Waals surface area contributed by atoms with Crippen molar-refractivity contribution in [1.29, 1.82) is 0 Å². The fraction of sp³-hybridized carbons (Fsp3) is 0.150. The summed E-state index contributed by atoms with van der Waals surface area (Å²) < 4.78 is 43.7. The van der Waals surface area contributed by atoms with Gasteiger partial charge in [-0.1, -0.05) is 23.7 Å². The van der Waals surface area contributed by atoms with Crippen molar-refractivity contribution in [2.75, 3.05) is 11.1 Å². The van der Waals surface area contributed by atoms with Crippen molar-refractivity contribution in [2.45, 2.75) is 19.2 Å². The second-order valence-corrected chi connectivity index (χ2v) is 6.74. The Balaban J connectivity index is 1.72. The molecule has 0 aliphatic rings. The first-order chi connectivity index (χ1) is 14.1. The number of hydrogen-bond donors (Lipinski definition) is 2. The lowest BCUT2D eigenvalue weighted by molar-refractivity contribution is -0.137. The molecule has 0 aliphatic carbocycles. The SMILES string of the molecule is CC(Oc1cc(Cl)cnc1N)c1cccc(NC(=O)c2ccc(C(F)(F)F)cn2)c1. The lowest BCUT2D eigenvalue weighted by Gasteiger charge is -2.17. The van der Waals surface area contributed by atoms with E-state index in [-0.39, 0.29) is 11.5 Å². The maximum atomic E-state index is 12.6. The van der Waals surface area contributed by atoms with Crippen molar-refractivity contribution in [2.24, 2.45) is 0 Å². The molecule has 0 fully saturated rings. The van der Waals surface area contributed by atoms with Crippen molar-refractivity contribution >= 4 is 29.0 Å². The number of ether oxygens (including phenoxy) is 1. The zero-order chi connectivity index (χ0) is 21.9. The molecule has 1 unspecified atom stereocenters. The van der Waals surface area contributed by atoms with E-state index in [9.17, 15) is 18.0 Å². The first-order valence-corrected chi connectivity index (χ1v) is 9.03. The first kappa shape index (κ1) is 21.4. The third kappa shape index (κ3) is 5.18. The Labute approximate surface area is 174 Å². The van der Waals surface area contributed by atoms with Crippen LogP contribution in [-0.2, 0) is 6.18 Å². The predicted octanol–water partition coefficient (Wildman–Crippen LogP) is 5.12. The van der Waals surface area contributed by atoms with Gasteiger partial charge >= 0.3 is 6.18 Å². The van der Waals surface area contributed by atoms with Crippen LogP contribution in [-0.4, -0.2) is 15.9 Å². The van der Waals surface area contributed by atoms with Gasteiger partial charge in [-0.05, 0) is 36.8 Å². The molecular formula is C20H16ClF3N4O2. The Hall–Kier alpha value is -3.33. The summed E-state index contributed by atoms with van der Waals surface area (Å²) in [6, 6.07) is 10.1. The fourth-order valence-corrected chi connectivity index (χ4v) is 2.69. The van der Waals surface area contributed by atoms with E-state index in [1.807, 2.05) is 0 Å². The van der Waals surface area contributed by atoms with Crippen LogP contribution >= 0.6 is 11.6 Å². The summed E-state index contributed by atoms with van der Waals surface area (Å²) in [6.45, 7) is 1.78. The number of halogens is 4. The molecule has 0 saturated heterocycles. The third-order valence-electron chi connectivity index (χ3n) is 4.09. The van der Waals surface area contributed by atoms with E-state index >= 15 is 0 Å². The monoisotopic (exact) mass is 436 g/mol. The smallest absolute Gasteiger partial charge is 0.417 e. The Morgan fingerprint density at radius 3 is 2.60 bits per heavy atom. The minimum Gasteiger partial charge on any atom is -0.482 e. The van der Waals surface area contributed by atoms with Gasteiger partial charge in [-0.25, -0.2) is 4.98 Å². The molecule has 0 aliphatic heterocycles. The number of nitrogens with two attached hydrogens (primary N) is 1. The molecule has 6 nitrogen and oxygen atoms in total. The maximum Gasteiger partial charge on any atom is 0.417 e. The van der Waals surface area contributed by atoms with E-state index in [0.717, 1.165) is 12.1 Å². The Bertz CT molecular complexity index is 1060. The normalized spacial score (nSPS) is 12.3. The number of nitrogen functional groups attached to an aromatic ring is 1. The van der Waals surface area contributed by atoms with Gasteiger partial charge in [-0.3, -0.25) is 9.78 Å². The molecule has 0 saturated carbocycles. The lowest BCUT2D eigenvalue weighted by Crippen LogP contribution is -2.15. The van der Waals surface area contributed by atoms with Crippen LogP contribution in [0.4, 0.5) is 24.7 Å². The highest BCUT2D eigenvalue weighted by molar-refractivity contribution is 6.30. The molecule has 2 heterocycles.